The van der Waals surface area contributed by atoms with E-state index in [1.807, 2.05) is 36.4 Å². The Balaban J connectivity index is 1.87. The molecule has 2 rings (SSSR count). The van der Waals surface area contributed by atoms with Gasteiger partial charge in [-0.2, -0.15) is 5.10 Å². The second kappa shape index (κ2) is 9.28. The maximum absolute atomic E-state index is 12.1. The van der Waals surface area contributed by atoms with E-state index in [2.05, 4.69) is 21.2 Å². The number of aliphatic hydroxyl groups excluding tert-OH is 1. The largest absolute Gasteiger partial charge is 0.395 e. The zero-order valence-corrected chi connectivity index (χ0v) is 14.3. The van der Waals surface area contributed by atoms with Gasteiger partial charge in [-0.25, -0.2) is 5.43 Å². The van der Waals surface area contributed by atoms with Gasteiger partial charge in [0.2, 0.25) is 5.91 Å². The van der Waals surface area contributed by atoms with Gasteiger partial charge in [0.15, 0.2) is 0 Å². The number of hydrazone groups is 1. The molecular weight excluding hydrogens is 336 g/mol. The van der Waals surface area contributed by atoms with Gasteiger partial charge in [-0.1, -0.05) is 30.3 Å². The van der Waals surface area contributed by atoms with Crippen molar-refractivity contribution in [2.45, 2.75) is 13.3 Å². The summed E-state index contributed by atoms with van der Waals surface area (Å²) in [7, 11) is 0. The van der Waals surface area contributed by atoms with Crippen molar-refractivity contribution in [1.29, 1.82) is 0 Å². The van der Waals surface area contributed by atoms with Crippen LogP contribution in [0.25, 0.3) is 10.8 Å². The molecule has 136 valence electrons. The van der Waals surface area contributed by atoms with Crippen LogP contribution >= 0.6 is 0 Å². The van der Waals surface area contributed by atoms with E-state index in [1.54, 1.807) is 13.0 Å². The maximum Gasteiger partial charge on any atom is 0.329 e. The second-order valence-electron chi connectivity index (χ2n) is 5.55. The van der Waals surface area contributed by atoms with Crippen LogP contribution in [0.15, 0.2) is 47.6 Å². The van der Waals surface area contributed by atoms with Crippen molar-refractivity contribution in [3.8, 4) is 0 Å². The SMILES string of the molecule is C/C(CC(=O)Nc1ccc2ccccc2c1)=N/NC(=O)C(=O)NCCO. The van der Waals surface area contributed by atoms with Crippen molar-refractivity contribution in [2.75, 3.05) is 18.5 Å². The Morgan fingerprint density at radius 1 is 1.04 bits per heavy atom. The lowest BCUT2D eigenvalue weighted by Crippen LogP contribution is -2.39. The summed E-state index contributed by atoms with van der Waals surface area (Å²) in [5, 5.41) is 19.3. The summed E-state index contributed by atoms with van der Waals surface area (Å²) in [5.74, 6) is -2.16. The molecule has 2 aromatic carbocycles. The molecule has 0 heterocycles. The van der Waals surface area contributed by atoms with Gasteiger partial charge < -0.3 is 15.7 Å². The van der Waals surface area contributed by atoms with E-state index < -0.39 is 11.8 Å². The third-order valence-electron chi connectivity index (χ3n) is 3.40. The summed E-state index contributed by atoms with van der Waals surface area (Å²) in [6, 6.07) is 13.4. The molecule has 0 aliphatic rings. The van der Waals surface area contributed by atoms with Crippen molar-refractivity contribution in [3.63, 3.8) is 0 Å². The van der Waals surface area contributed by atoms with Gasteiger partial charge >= 0.3 is 11.8 Å². The predicted molar refractivity (Wildman–Crippen MR) is 98.5 cm³/mol. The third kappa shape index (κ3) is 5.67. The Labute approximate surface area is 150 Å². The quantitative estimate of drug-likeness (QED) is 0.347. The predicted octanol–water partition coefficient (Wildman–Crippen LogP) is 0.769. The molecule has 0 unspecified atom stereocenters. The van der Waals surface area contributed by atoms with E-state index in [-0.39, 0.29) is 25.5 Å². The number of amides is 3. The molecule has 0 saturated heterocycles. The third-order valence-corrected chi connectivity index (χ3v) is 3.40. The molecule has 4 N–H and O–H groups in total. The Hall–Kier alpha value is -3.26. The van der Waals surface area contributed by atoms with E-state index in [9.17, 15) is 14.4 Å². The smallest absolute Gasteiger partial charge is 0.329 e. The van der Waals surface area contributed by atoms with Crippen LogP contribution in [-0.4, -0.2) is 41.7 Å². The highest BCUT2D eigenvalue weighted by Crippen LogP contribution is 2.18. The zero-order valence-electron chi connectivity index (χ0n) is 14.3. The van der Waals surface area contributed by atoms with Crippen LogP contribution in [-0.2, 0) is 14.4 Å². The highest BCUT2D eigenvalue weighted by molar-refractivity contribution is 6.35. The number of rotatable bonds is 6. The monoisotopic (exact) mass is 356 g/mol. The first-order valence-electron chi connectivity index (χ1n) is 8.00. The van der Waals surface area contributed by atoms with Gasteiger partial charge in [0.05, 0.1) is 13.0 Å². The molecule has 0 aliphatic heterocycles. The molecule has 0 spiro atoms. The van der Waals surface area contributed by atoms with Gasteiger partial charge in [0, 0.05) is 17.9 Å². The lowest BCUT2D eigenvalue weighted by Gasteiger charge is -2.07. The molecule has 0 atom stereocenters. The van der Waals surface area contributed by atoms with E-state index in [0.29, 0.717) is 11.4 Å². The Kier molecular flexibility index (Phi) is 6.81. The van der Waals surface area contributed by atoms with Crippen molar-refractivity contribution < 1.29 is 19.5 Å². The fourth-order valence-electron chi connectivity index (χ4n) is 2.19. The van der Waals surface area contributed by atoms with Crippen molar-refractivity contribution in [3.05, 3.63) is 42.5 Å². The number of carbonyl (C=O) groups excluding carboxylic acids is 3. The van der Waals surface area contributed by atoms with E-state index in [4.69, 9.17) is 5.11 Å². The molecule has 0 aliphatic carbocycles. The molecule has 8 nitrogen and oxygen atoms in total. The molecule has 8 heteroatoms. The minimum atomic E-state index is -0.965. The number of nitrogens with one attached hydrogen (secondary N) is 3. The van der Waals surface area contributed by atoms with Gasteiger partial charge in [-0.3, -0.25) is 14.4 Å². The van der Waals surface area contributed by atoms with E-state index >= 15 is 0 Å². The number of hydrogen-bond acceptors (Lipinski definition) is 5. The van der Waals surface area contributed by atoms with Crippen LogP contribution in [0.1, 0.15) is 13.3 Å². The summed E-state index contributed by atoms with van der Waals surface area (Å²) < 4.78 is 0. The van der Waals surface area contributed by atoms with Crippen LogP contribution in [0, 0.1) is 0 Å². The summed E-state index contributed by atoms with van der Waals surface area (Å²) in [6.07, 6.45) is -0.0363. The number of hydrogen-bond donors (Lipinski definition) is 4. The summed E-state index contributed by atoms with van der Waals surface area (Å²) in [6.45, 7) is 1.27. The zero-order chi connectivity index (χ0) is 18.9. The van der Waals surface area contributed by atoms with E-state index in [0.717, 1.165) is 10.8 Å². The topological polar surface area (TPSA) is 120 Å². The number of carbonyl (C=O) groups is 3. The molecular formula is C18H20N4O4. The number of benzene rings is 2. The number of anilines is 1. The maximum atomic E-state index is 12.1. The van der Waals surface area contributed by atoms with Crippen LogP contribution in [0.4, 0.5) is 5.69 Å². The fourth-order valence-corrected chi connectivity index (χ4v) is 2.19. The fraction of sp³-hybridized carbons (Fsp3) is 0.222. The Morgan fingerprint density at radius 2 is 1.77 bits per heavy atom. The van der Waals surface area contributed by atoms with Crippen LogP contribution in [0.3, 0.4) is 0 Å². The summed E-state index contributed by atoms with van der Waals surface area (Å²) in [4.78, 5) is 34.8. The molecule has 0 radical (unpaired) electrons. The molecule has 0 aromatic heterocycles. The highest BCUT2D eigenvalue weighted by Gasteiger charge is 2.12. The standard InChI is InChI=1S/C18H20N4O4/c1-12(21-22-18(26)17(25)19-8-9-23)10-16(24)20-15-7-6-13-4-2-3-5-14(13)11-15/h2-7,11,23H,8-10H2,1H3,(H,19,25)(H,20,24)(H,22,26)/b21-12-. The number of aliphatic hydroxyl groups is 1. The van der Waals surface area contributed by atoms with Crippen molar-refractivity contribution in [1.82, 2.24) is 10.7 Å². The summed E-state index contributed by atoms with van der Waals surface area (Å²) in [5.41, 5.74) is 3.06. The minimum absolute atomic E-state index is 0.0247. The van der Waals surface area contributed by atoms with E-state index in [1.165, 1.54) is 0 Å². The number of nitrogens with zero attached hydrogens (tertiary/aromatic N) is 1. The molecule has 2 aromatic rings. The molecule has 26 heavy (non-hydrogen) atoms. The van der Waals surface area contributed by atoms with Crippen LogP contribution in [0.5, 0.6) is 0 Å². The lowest BCUT2D eigenvalue weighted by molar-refractivity contribution is -0.139. The normalized spacial score (nSPS) is 11.1. The van der Waals surface area contributed by atoms with Gasteiger partial charge in [-0.05, 0) is 29.8 Å². The first kappa shape index (κ1) is 19.1. The molecule has 3 amide bonds. The van der Waals surface area contributed by atoms with Crippen molar-refractivity contribution >= 4 is 39.9 Å². The second-order valence-corrected chi connectivity index (χ2v) is 5.55. The summed E-state index contributed by atoms with van der Waals surface area (Å²) >= 11 is 0. The number of fused-ring (bicyclic) bond motifs is 1. The Bertz CT molecular complexity index is 848. The Morgan fingerprint density at radius 3 is 2.50 bits per heavy atom. The molecule has 0 fully saturated rings. The van der Waals surface area contributed by atoms with Gasteiger partial charge in [0.25, 0.3) is 0 Å². The highest BCUT2D eigenvalue weighted by atomic mass is 16.3. The first-order valence-corrected chi connectivity index (χ1v) is 8.00. The van der Waals surface area contributed by atoms with Gasteiger partial charge in [0.1, 0.15) is 0 Å². The average molecular weight is 356 g/mol. The molecule has 0 saturated carbocycles. The lowest BCUT2D eigenvalue weighted by atomic mass is 10.1. The van der Waals surface area contributed by atoms with Crippen LogP contribution in [0.2, 0.25) is 0 Å². The minimum Gasteiger partial charge on any atom is -0.395 e. The van der Waals surface area contributed by atoms with Gasteiger partial charge in [-0.15, -0.1) is 0 Å². The average Bonchev–Trinajstić information content (AvgIpc) is 2.63. The molecule has 0 bridgehead atoms. The first-order chi connectivity index (χ1) is 12.5. The van der Waals surface area contributed by atoms with Crippen LogP contribution < -0.4 is 16.1 Å². The van der Waals surface area contributed by atoms with Crippen molar-refractivity contribution in [2.24, 2.45) is 5.10 Å².